The van der Waals surface area contributed by atoms with Crippen LogP contribution in [-0.2, 0) is 4.74 Å². The number of ether oxygens (including phenoxy) is 1. The van der Waals surface area contributed by atoms with Gasteiger partial charge in [-0.05, 0) is 50.1 Å². The van der Waals surface area contributed by atoms with Gasteiger partial charge in [0, 0.05) is 0 Å². The van der Waals surface area contributed by atoms with Crippen LogP contribution in [0.1, 0.15) is 74.8 Å². The first-order valence-corrected chi connectivity index (χ1v) is 9.71. The minimum atomic E-state index is -0.468. The van der Waals surface area contributed by atoms with Gasteiger partial charge in [-0.3, -0.25) is 9.59 Å². The Hall–Kier alpha value is -2.95. The number of fused-ring (bicyclic) bond motifs is 1. The maximum atomic E-state index is 12.9. The van der Waals surface area contributed by atoms with Crippen LogP contribution in [0.4, 0.5) is 5.69 Å². The number of hydrogen-bond acceptors (Lipinski definition) is 4. The van der Waals surface area contributed by atoms with E-state index in [-0.39, 0.29) is 17.0 Å². The first-order valence-electron chi connectivity index (χ1n) is 9.71. The Morgan fingerprint density at radius 1 is 0.929 bits per heavy atom. The highest BCUT2D eigenvalue weighted by Crippen LogP contribution is 2.31. The Morgan fingerprint density at radius 2 is 1.68 bits per heavy atom. The van der Waals surface area contributed by atoms with Gasteiger partial charge < -0.3 is 4.74 Å². The second-order valence-corrected chi connectivity index (χ2v) is 7.19. The van der Waals surface area contributed by atoms with E-state index in [1.54, 1.807) is 12.1 Å². The van der Waals surface area contributed by atoms with Crippen LogP contribution < -0.4 is 4.90 Å². The number of benzene rings is 2. The molecule has 1 heterocycles. The van der Waals surface area contributed by atoms with E-state index in [1.807, 2.05) is 26.0 Å². The normalized spacial score (nSPS) is 13.0. The van der Waals surface area contributed by atoms with Crippen LogP contribution >= 0.6 is 0 Å². The van der Waals surface area contributed by atoms with Crippen molar-refractivity contribution in [1.29, 1.82) is 0 Å². The van der Waals surface area contributed by atoms with Crippen molar-refractivity contribution in [1.82, 2.24) is 0 Å². The molecule has 0 saturated heterocycles. The predicted octanol–water partition coefficient (Wildman–Crippen LogP) is 4.84. The van der Waals surface area contributed by atoms with Crippen molar-refractivity contribution in [2.24, 2.45) is 0 Å². The van der Waals surface area contributed by atoms with Crippen molar-refractivity contribution in [2.75, 3.05) is 11.5 Å². The molecular weight excluding hydrogens is 354 g/mol. The number of carbonyl (C=O) groups excluding carboxylic acids is 3. The number of esters is 1. The molecule has 2 aromatic rings. The van der Waals surface area contributed by atoms with Crippen LogP contribution in [0, 0.1) is 13.8 Å². The summed E-state index contributed by atoms with van der Waals surface area (Å²) < 4.78 is 5.29. The summed E-state index contributed by atoms with van der Waals surface area (Å²) >= 11 is 0. The summed E-state index contributed by atoms with van der Waals surface area (Å²) in [6.07, 6.45) is 4.07. The van der Waals surface area contributed by atoms with E-state index in [0.717, 1.165) is 36.8 Å². The molecule has 5 heteroatoms. The molecule has 2 aromatic carbocycles. The molecule has 0 aromatic heterocycles. The molecule has 2 amide bonds. The number of hydrogen-bond donors (Lipinski definition) is 0. The molecule has 0 fully saturated rings. The lowest BCUT2D eigenvalue weighted by Gasteiger charge is -2.16. The maximum absolute atomic E-state index is 12.9. The highest BCUT2D eigenvalue weighted by molar-refractivity contribution is 6.34. The van der Waals surface area contributed by atoms with Gasteiger partial charge in [-0.15, -0.1) is 0 Å². The van der Waals surface area contributed by atoms with Crippen molar-refractivity contribution in [3.8, 4) is 0 Å². The number of aryl methyl sites for hydroxylation is 2. The second kappa shape index (κ2) is 8.38. The summed E-state index contributed by atoms with van der Waals surface area (Å²) in [5, 5.41) is 0. The molecule has 0 N–H and O–H groups in total. The van der Waals surface area contributed by atoms with E-state index >= 15 is 0 Å². The fourth-order valence-electron chi connectivity index (χ4n) is 3.42. The summed E-state index contributed by atoms with van der Waals surface area (Å²) in [6, 6.07) is 10.1. The maximum Gasteiger partial charge on any atom is 0.338 e. The smallest absolute Gasteiger partial charge is 0.338 e. The van der Waals surface area contributed by atoms with Gasteiger partial charge >= 0.3 is 5.97 Å². The monoisotopic (exact) mass is 379 g/mol. The van der Waals surface area contributed by atoms with Gasteiger partial charge in [0.25, 0.3) is 11.8 Å². The van der Waals surface area contributed by atoms with E-state index in [9.17, 15) is 14.4 Å². The molecule has 5 nitrogen and oxygen atoms in total. The molecule has 0 saturated carbocycles. The van der Waals surface area contributed by atoms with E-state index in [2.05, 4.69) is 6.92 Å². The number of rotatable bonds is 7. The average molecular weight is 379 g/mol. The van der Waals surface area contributed by atoms with Crippen LogP contribution in [0.5, 0.6) is 0 Å². The Balaban J connectivity index is 1.79. The molecule has 1 aliphatic rings. The lowest BCUT2D eigenvalue weighted by Crippen LogP contribution is -2.30. The summed E-state index contributed by atoms with van der Waals surface area (Å²) in [7, 11) is 0. The molecule has 3 rings (SSSR count). The first-order chi connectivity index (χ1) is 13.4. The first kappa shape index (κ1) is 19.8. The number of imide groups is 1. The van der Waals surface area contributed by atoms with Gasteiger partial charge in [-0.1, -0.05) is 43.9 Å². The predicted molar refractivity (Wildman–Crippen MR) is 108 cm³/mol. The number of nitrogens with zero attached hydrogens (tertiary/aromatic N) is 1. The van der Waals surface area contributed by atoms with Crippen LogP contribution in [0.15, 0.2) is 36.4 Å². The van der Waals surface area contributed by atoms with E-state index in [1.165, 1.54) is 17.0 Å². The largest absolute Gasteiger partial charge is 0.462 e. The van der Waals surface area contributed by atoms with Crippen LogP contribution in [-0.4, -0.2) is 24.4 Å². The third kappa shape index (κ3) is 3.84. The van der Waals surface area contributed by atoms with Gasteiger partial charge in [0.05, 0.1) is 29.0 Å². The van der Waals surface area contributed by atoms with Crippen LogP contribution in [0.2, 0.25) is 0 Å². The molecule has 0 atom stereocenters. The molecule has 1 aliphatic heterocycles. The number of unbranched alkanes of at least 4 members (excludes halogenated alkanes) is 3. The van der Waals surface area contributed by atoms with Crippen molar-refractivity contribution < 1.29 is 19.1 Å². The summed E-state index contributed by atoms with van der Waals surface area (Å²) in [6.45, 7) is 6.31. The fourth-order valence-corrected chi connectivity index (χ4v) is 3.42. The van der Waals surface area contributed by atoms with Gasteiger partial charge in [0.15, 0.2) is 0 Å². The Morgan fingerprint density at radius 3 is 2.39 bits per heavy atom. The van der Waals surface area contributed by atoms with Crippen molar-refractivity contribution >= 4 is 23.5 Å². The summed E-state index contributed by atoms with van der Waals surface area (Å²) in [5.74, 6) is -1.25. The quantitative estimate of drug-likeness (QED) is 0.392. The summed E-state index contributed by atoms with van der Waals surface area (Å²) in [5.41, 5.74) is 3.31. The lowest BCUT2D eigenvalue weighted by atomic mass is 10.1. The molecule has 28 heavy (non-hydrogen) atoms. The second-order valence-electron chi connectivity index (χ2n) is 7.19. The van der Waals surface area contributed by atoms with Gasteiger partial charge in [-0.25, -0.2) is 9.69 Å². The third-order valence-electron chi connectivity index (χ3n) is 4.95. The van der Waals surface area contributed by atoms with Gasteiger partial charge in [-0.2, -0.15) is 0 Å². The highest BCUT2D eigenvalue weighted by atomic mass is 16.5. The minimum Gasteiger partial charge on any atom is -0.462 e. The van der Waals surface area contributed by atoms with Crippen molar-refractivity contribution in [2.45, 2.75) is 46.5 Å². The van der Waals surface area contributed by atoms with Crippen LogP contribution in [0.25, 0.3) is 0 Å². The third-order valence-corrected chi connectivity index (χ3v) is 4.95. The Kier molecular flexibility index (Phi) is 5.93. The molecule has 0 radical (unpaired) electrons. The van der Waals surface area contributed by atoms with Crippen molar-refractivity contribution in [3.63, 3.8) is 0 Å². The topological polar surface area (TPSA) is 63.7 Å². The SMILES string of the molecule is CCCCCCOC(=O)c1ccc2c(c1)C(=O)N(c1ccc(C)cc1C)C2=O. The van der Waals surface area contributed by atoms with Crippen LogP contribution in [0.3, 0.4) is 0 Å². The highest BCUT2D eigenvalue weighted by Gasteiger charge is 2.37. The van der Waals surface area contributed by atoms with E-state index in [0.29, 0.717) is 17.9 Å². The number of carbonyl (C=O) groups is 3. The fraction of sp³-hybridized carbons (Fsp3) is 0.348. The van der Waals surface area contributed by atoms with E-state index < -0.39 is 11.9 Å². The average Bonchev–Trinajstić information content (AvgIpc) is 2.92. The zero-order valence-electron chi connectivity index (χ0n) is 16.6. The zero-order chi connectivity index (χ0) is 20.3. The summed E-state index contributed by atoms with van der Waals surface area (Å²) in [4.78, 5) is 39.1. The standard InChI is InChI=1S/C23H25NO4/c1-4-5-6-7-12-28-23(27)17-9-10-18-19(14-17)22(26)24(21(18)25)20-11-8-15(2)13-16(20)3/h8-11,13-14H,4-7,12H2,1-3H3. The molecule has 0 spiro atoms. The minimum absolute atomic E-state index is 0.241. The number of anilines is 1. The van der Waals surface area contributed by atoms with Crippen molar-refractivity contribution in [3.05, 3.63) is 64.2 Å². The Bertz CT molecular complexity index is 932. The zero-order valence-corrected chi connectivity index (χ0v) is 16.6. The molecular formula is C23H25NO4. The number of amides is 2. The Labute approximate surface area is 165 Å². The molecule has 0 unspecified atom stereocenters. The molecule has 146 valence electrons. The van der Waals surface area contributed by atoms with Gasteiger partial charge in [0.1, 0.15) is 0 Å². The van der Waals surface area contributed by atoms with E-state index in [4.69, 9.17) is 4.74 Å². The molecule has 0 aliphatic carbocycles. The molecule has 0 bridgehead atoms. The van der Waals surface area contributed by atoms with Gasteiger partial charge in [0.2, 0.25) is 0 Å². The lowest BCUT2D eigenvalue weighted by molar-refractivity contribution is 0.0497.